The van der Waals surface area contributed by atoms with Gasteiger partial charge < -0.3 is 20.1 Å². The highest BCUT2D eigenvalue weighted by molar-refractivity contribution is 5.74. The monoisotopic (exact) mass is 272 g/mol. The van der Waals surface area contributed by atoms with Gasteiger partial charge in [0.05, 0.1) is 6.10 Å². The molecule has 1 fully saturated rings. The molecule has 0 saturated carbocycles. The molecule has 0 radical (unpaired) electrons. The summed E-state index contributed by atoms with van der Waals surface area (Å²) in [6.45, 7) is 4.58. The number of nitrogens with zero attached hydrogens (tertiary/aromatic N) is 1. The Bertz CT molecular complexity index is 294. The first-order valence-corrected chi connectivity index (χ1v) is 6.99. The molecule has 2 amide bonds. The molecule has 19 heavy (non-hydrogen) atoms. The van der Waals surface area contributed by atoms with Gasteiger partial charge in [0.1, 0.15) is 0 Å². The van der Waals surface area contributed by atoms with Crippen molar-refractivity contribution >= 4 is 12.0 Å². The number of rotatable bonds is 7. The van der Waals surface area contributed by atoms with Gasteiger partial charge in [-0.05, 0) is 32.6 Å². The maximum absolute atomic E-state index is 11.9. The second kappa shape index (κ2) is 8.74. The second-order valence-electron chi connectivity index (χ2n) is 4.75. The van der Waals surface area contributed by atoms with Gasteiger partial charge in [-0.25, -0.2) is 4.79 Å². The molecule has 110 valence electrons. The van der Waals surface area contributed by atoms with Crippen LogP contribution in [0.25, 0.3) is 0 Å². The summed E-state index contributed by atoms with van der Waals surface area (Å²) in [6.07, 6.45) is 3.58. The number of hydrogen-bond donors (Lipinski definition) is 2. The van der Waals surface area contributed by atoms with Crippen molar-refractivity contribution in [3.05, 3.63) is 0 Å². The van der Waals surface area contributed by atoms with Gasteiger partial charge in [-0.15, -0.1) is 0 Å². The summed E-state index contributed by atoms with van der Waals surface area (Å²) in [5.41, 5.74) is 0. The van der Waals surface area contributed by atoms with E-state index in [0.717, 1.165) is 19.4 Å². The molecule has 0 aromatic heterocycles. The number of ether oxygens (including phenoxy) is 1. The molecule has 1 aliphatic rings. The summed E-state index contributed by atoms with van der Waals surface area (Å²) in [5.74, 6) is -0.790. The van der Waals surface area contributed by atoms with Gasteiger partial charge in [0.15, 0.2) is 0 Å². The number of likely N-dealkylation sites (tertiary alicyclic amines) is 1. The fraction of sp³-hybridized carbons (Fsp3) is 0.846. The van der Waals surface area contributed by atoms with Crippen LogP contribution in [-0.4, -0.2) is 54.4 Å². The highest BCUT2D eigenvalue weighted by atomic mass is 16.5. The number of urea groups is 1. The Morgan fingerprint density at radius 1 is 1.42 bits per heavy atom. The van der Waals surface area contributed by atoms with Crippen LogP contribution in [0, 0.1) is 0 Å². The summed E-state index contributed by atoms with van der Waals surface area (Å²) < 4.78 is 5.55. The number of piperidine rings is 1. The third-order valence-corrected chi connectivity index (χ3v) is 3.16. The summed E-state index contributed by atoms with van der Waals surface area (Å²) in [5, 5.41) is 11.3. The van der Waals surface area contributed by atoms with Gasteiger partial charge in [-0.1, -0.05) is 0 Å². The Labute approximate surface area is 114 Å². The van der Waals surface area contributed by atoms with E-state index >= 15 is 0 Å². The van der Waals surface area contributed by atoms with Gasteiger partial charge in [0.2, 0.25) is 0 Å². The smallest absolute Gasteiger partial charge is 0.317 e. The minimum absolute atomic E-state index is 0.0697. The van der Waals surface area contributed by atoms with E-state index < -0.39 is 5.97 Å². The topological polar surface area (TPSA) is 78.9 Å². The van der Waals surface area contributed by atoms with Crippen LogP contribution in [-0.2, 0) is 9.53 Å². The van der Waals surface area contributed by atoms with E-state index in [4.69, 9.17) is 9.84 Å². The van der Waals surface area contributed by atoms with Crippen LogP contribution in [0.15, 0.2) is 0 Å². The van der Waals surface area contributed by atoms with Gasteiger partial charge in [-0.2, -0.15) is 0 Å². The minimum atomic E-state index is -0.790. The van der Waals surface area contributed by atoms with Gasteiger partial charge in [0.25, 0.3) is 0 Å². The van der Waals surface area contributed by atoms with E-state index in [1.807, 2.05) is 6.92 Å². The lowest BCUT2D eigenvalue weighted by Gasteiger charge is -2.32. The number of carboxylic acids is 1. The Balaban J connectivity index is 2.16. The number of aliphatic carboxylic acids is 1. The fourth-order valence-electron chi connectivity index (χ4n) is 2.20. The number of carbonyl (C=O) groups excluding carboxylic acids is 1. The van der Waals surface area contributed by atoms with Crippen molar-refractivity contribution in [2.75, 3.05) is 26.2 Å². The molecule has 6 nitrogen and oxygen atoms in total. The molecule has 1 saturated heterocycles. The SMILES string of the molecule is CCOC1CCCN(C(=O)NCCCCC(=O)O)C1. The lowest BCUT2D eigenvalue weighted by atomic mass is 10.1. The molecule has 0 aromatic carbocycles. The standard InChI is InChI=1S/C13H24N2O4/c1-2-19-11-6-5-9-15(10-11)13(18)14-8-4-3-7-12(16)17/h11H,2-10H2,1H3,(H,14,18)(H,16,17). The third-order valence-electron chi connectivity index (χ3n) is 3.16. The molecular weight excluding hydrogens is 248 g/mol. The van der Waals surface area contributed by atoms with Crippen LogP contribution in [0.2, 0.25) is 0 Å². The third kappa shape index (κ3) is 6.42. The number of nitrogens with one attached hydrogen (secondary N) is 1. The first kappa shape index (κ1) is 15.8. The summed E-state index contributed by atoms with van der Waals surface area (Å²) in [6, 6.07) is -0.0697. The van der Waals surface area contributed by atoms with Crippen LogP contribution in [0.4, 0.5) is 4.79 Å². The summed E-state index contributed by atoms with van der Waals surface area (Å²) in [7, 11) is 0. The van der Waals surface area contributed by atoms with Gasteiger partial charge in [-0.3, -0.25) is 4.79 Å². The van der Waals surface area contributed by atoms with E-state index in [2.05, 4.69) is 5.32 Å². The number of unbranched alkanes of at least 4 members (excludes halogenated alkanes) is 1. The zero-order valence-corrected chi connectivity index (χ0v) is 11.6. The maximum Gasteiger partial charge on any atom is 0.317 e. The highest BCUT2D eigenvalue weighted by Crippen LogP contribution is 2.13. The van der Waals surface area contributed by atoms with Gasteiger partial charge >= 0.3 is 12.0 Å². The van der Waals surface area contributed by atoms with Gasteiger partial charge in [0, 0.05) is 32.7 Å². The number of hydrogen-bond acceptors (Lipinski definition) is 3. The Hall–Kier alpha value is -1.30. The number of carbonyl (C=O) groups is 2. The van der Waals surface area contributed by atoms with Crippen molar-refractivity contribution in [1.29, 1.82) is 0 Å². The van der Waals surface area contributed by atoms with Crippen molar-refractivity contribution < 1.29 is 19.4 Å². The van der Waals surface area contributed by atoms with Crippen LogP contribution >= 0.6 is 0 Å². The lowest BCUT2D eigenvalue weighted by Crippen LogP contribution is -2.48. The second-order valence-corrected chi connectivity index (χ2v) is 4.75. The average molecular weight is 272 g/mol. The quantitative estimate of drug-likeness (QED) is 0.688. The molecular formula is C13H24N2O4. The molecule has 1 unspecified atom stereocenters. The van der Waals surface area contributed by atoms with Crippen molar-refractivity contribution in [2.24, 2.45) is 0 Å². The molecule has 0 bridgehead atoms. The first-order chi connectivity index (χ1) is 9.13. The molecule has 1 heterocycles. The zero-order chi connectivity index (χ0) is 14.1. The minimum Gasteiger partial charge on any atom is -0.481 e. The molecule has 1 rings (SSSR count). The van der Waals surface area contributed by atoms with Crippen molar-refractivity contribution in [2.45, 2.75) is 45.1 Å². The molecule has 0 aliphatic carbocycles. The predicted molar refractivity (Wildman–Crippen MR) is 71.1 cm³/mol. The molecule has 0 aromatic rings. The first-order valence-electron chi connectivity index (χ1n) is 6.99. The van der Waals surface area contributed by atoms with Crippen molar-refractivity contribution in [1.82, 2.24) is 10.2 Å². The lowest BCUT2D eigenvalue weighted by molar-refractivity contribution is -0.137. The molecule has 6 heteroatoms. The zero-order valence-electron chi connectivity index (χ0n) is 11.6. The highest BCUT2D eigenvalue weighted by Gasteiger charge is 2.23. The molecule has 0 spiro atoms. The average Bonchev–Trinajstić information content (AvgIpc) is 2.38. The van der Waals surface area contributed by atoms with Crippen LogP contribution in [0.3, 0.4) is 0 Å². The van der Waals surface area contributed by atoms with Crippen LogP contribution in [0.1, 0.15) is 39.0 Å². The Kier molecular flexibility index (Phi) is 7.25. The largest absolute Gasteiger partial charge is 0.481 e. The molecule has 1 atom stereocenters. The van der Waals surface area contributed by atoms with Crippen LogP contribution < -0.4 is 5.32 Å². The molecule has 1 aliphatic heterocycles. The van der Waals surface area contributed by atoms with E-state index in [1.165, 1.54) is 0 Å². The summed E-state index contributed by atoms with van der Waals surface area (Å²) >= 11 is 0. The predicted octanol–water partition coefficient (Wildman–Crippen LogP) is 1.45. The summed E-state index contributed by atoms with van der Waals surface area (Å²) in [4.78, 5) is 24.0. The fourth-order valence-corrected chi connectivity index (χ4v) is 2.20. The van der Waals surface area contributed by atoms with Crippen LogP contribution in [0.5, 0.6) is 0 Å². The van der Waals surface area contributed by atoms with E-state index in [9.17, 15) is 9.59 Å². The Morgan fingerprint density at radius 3 is 2.89 bits per heavy atom. The van der Waals surface area contributed by atoms with E-state index in [-0.39, 0.29) is 18.6 Å². The number of carboxylic acid groups (broad SMARTS) is 1. The van der Waals surface area contributed by atoms with E-state index in [1.54, 1.807) is 4.90 Å². The molecule has 2 N–H and O–H groups in total. The normalized spacial score (nSPS) is 19.2. The van der Waals surface area contributed by atoms with E-state index in [0.29, 0.717) is 32.5 Å². The maximum atomic E-state index is 11.9. The Morgan fingerprint density at radius 2 is 2.21 bits per heavy atom. The van der Waals surface area contributed by atoms with Crippen molar-refractivity contribution in [3.8, 4) is 0 Å². The number of amides is 2. The van der Waals surface area contributed by atoms with Crippen molar-refractivity contribution in [3.63, 3.8) is 0 Å².